The molecule has 0 aliphatic carbocycles. The van der Waals surface area contributed by atoms with E-state index in [4.69, 9.17) is 28.9 Å². The van der Waals surface area contributed by atoms with Crippen LogP contribution in [-0.2, 0) is 9.59 Å². The summed E-state index contributed by atoms with van der Waals surface area (Å²) >= 11 is 12.0. The molecule has 1 saturated heterocycles. The largest absolute Gasteiger partial charge is 0.369 e. The van der Waals surface area contributed by atoms with Gasteiger partial charge in [-0.1, -0.05) is 29.3 Å². The average molecular weight is 330 g/mol. The Morgan fingerprint density at radius 3 is 2.33 bits per heavy atom. The summed E-state index contributed by atoms with van der Waals surface area (Å²) in [6, 6.07) is 5.05. The number of amides is 2. The molecule has 0 saturated carbocycles. The van der Waals surface area contributed by atoms with E-state index in [0.717, 1.165) is 0 Å². The number of nitrogens with two attached hydrogens (primary N) is 1. The van der Waals surface area contributed by atoms with E-state index in [-0.39, 0.29) is 24.3 Å². The van der Waals surface area contributed by atoms with Crippen molar-refractivity contribution in [1.82, 2.24) is 4.90 Å². The number of piperidine rings is 1. The molecule has 21 heavy (non-hydrogen) atoms. The van der Waals surface area contributed by atoms with Crippen LogP contribution in [0.15, 0.2) is 18.2 Å². The van der Waals surface area contributed by atoms with Gasteiger partial charge in [-0.3, -0.25) is 14.5 Å². The summed E-state index contributed by atoms with van der Waals surface area (Å²) in [5, 5.41) is 3.54. The molecule has 0 aromatic heterocycles. The fourth-order valence-corrected chi connectivity index (χ4v) is 2.87. The summed E-state index contributed by atoms with van der Waals surface area (Å²) in [5.74, 6) is -0.521. The highest BCUT2D eigenvalue weighted by molar-refractivity contribution is 6.39. The van der Waals surface area contributed by atoms with E-state index in [9.17, 15) is 9.59 Å². The van der Waals surface area contributed by atoms with Crippen LogP contribution in [0, 0.1) is 5.92 Å². The van der Waals surface area contributed by atoms with E-state index >= 15 is 0 Å². The Labute approximate surface area is 133 Å². The van der Waals surface area contributed by atoms with E-state index in [1.54, 1.807) is 18.2 Å². The molecule has 5 nitrogen and oxygen atoms in total. The predicted molar refractivity (Wildman–Crippen MR) is 83.5 cm³/mol. The van der Waals surface area contributed by atoms with Crippen LogP contribution in [0.1, 0.15) is 12.8 Å². The summed E-state index contributed by atoms with van der Waals surface area (Å²) in [7, 11) is 0. The van der Waals surface area contributed by atoms with Gasteiger partial charge in [0.25, 0.3) is 0 Å². The van der Waals surface area contributed by atoms with Crippen molar-refractivity contribution < 1.29 is 9.59 Å². The molecule has 0 atom stereocenters. The lowest BCUT2D eigenvalue weighted by atomic mass is 9.96. The molecular formula is C14H17Cl2N3O2. The normalized spacial score (nSPS) is 16.7. The summed E-state index contributed by atoms with van der Waals surface area (Å²) in [5.41, 5.74) is 5.71. The molecule has 1 aliphatic rings. The number of nitrogens with zero attached hydrogens (tertiary/aromatic N) is 1. The van der Waals surface area contributed by atoms with E-state index in [2.05, 4.69) is 5.32 Å². The third-order valence-electron chi connectivity index (χ3n) is 3.58. The third kappa shape index (κ3) is 4.33. The van der Waals surface area contributed by atoms with Crippen molar-refractivity contribution >= 4 is 40.7 Å². The third-order valence-corrected chi connectivity index (χ3v) is 4.21. The van der Waals surface area contributed by atoms with Gasteiger partial charge in [-0.25, -0.2) is 0 Å². The maximum atomic E-state index is 12.0. The highest BCUT2D eigenvalue weighted by atomic mass is 35.5. The number of rotatable bonds is 4. The highest BCUT2D eigenvalue weighted by Gasteiger charge is 2.24. The van der Waals surface area contributed by atoms with E-state index in [0.29, 0.717) is 41.7 Å². The van der Waals surface area contributed by atoms with Crippen molar-refractivity contribution in [2.45, 2.75) is 12.8 Å². The van der Waals surface area contributed by atoms with Crippen LogP contribution < -0.4 is 11.1 Å². The molecule has 2 amide bonds. The average Bonchev–Trinajstić information content (AvgIpc) is 2.43. The first kappa shape index (κ1) is 16.1. The van der Waals surface area contributed by atoms with Gasteiger partial charge in [0.1, 0.15) is 0 Å². The van der Waals surface area contributed by atoms with Gasteiger partial charge in [0.2, 0.25) is 11.8 Å². The van der Waals surface area contributed by atoms with Crippen molar-refractivity contribution in [3.8, 4) is 0 Å². The van der Waals surface area contributed by atoms with Crippen LogP contribution in [0.3, 0.4) is 0 Å². The first-order chi connectivity index (χ1) is 9.97. The maximum absolute atomic E-state index is 12.0. The lowest BCUT2D eigenvalue weighted by molar-refractivity contribution is -0.123. The molecule has 1 heterocycles. The van der Waals surface area contributed by atoms with Crippen molar-refractivity contribution in [2.75, 3.05) is 25.0 Å². The highest BCUT2D eigenvalue weighted by Crippen LogP contribution is 2.29. The minimum absolute atomic E-state index is 0.0812. The molecule has 7 heteroatoms. The van der Waals surface area contributed by atoms with Gasteiger partial charge < -0.3 is 11.1 Å². The van der Waals surface area contributed by atoms with E-state index in [1.807, 2.05) is 4.90 Å². The van der Waals surface area contributed by atoms with Crippen molar-refractivity contribution in [3.63, 3.8) is 0 Å². The molecule has 0 spiro atoms. The predicted octanol–water partition coefficient (Wildman–Crippen LogP) is 2.13. The maximum Gasteiger partial charge on any atom is 0.238 e. The van der Waals surface area contributed by atoms with Gasteiger partial charge in [-0.15, -0.1) is 0 Å². The van der Waals surface area contributed by atoms with Crippen molar-refractivity contribution in [1.29, 1.82) is 0 Å². The van der Waals surface area contributed by atoms with Gasteiger partial charge >= 0.3 is 0 Å². The zero-order valence-corrected chi connectivity index (χ0v) is 13.0. The second-order valence-electron chi connectivity index (χ2n) is 5.10. The van der Waals surface area contributed by atoms with Crippen molar-refractivity contribution in [2.24, 2.45) is 11.7 Å². The van der Waals surface area contributed by atoms with Crippen LogP contribution in [0.4, 0.5) is 5.69 Å². The van der Waals surface area contributed by atoms with Crippen LogP contribution in [0.2, 0.25) is 10.0 Å². The second kappa shape index (κ2) is 7.11. The number of para-hydroxylation sites is 1. The number of halogens is 2. The molecule has 1 fully saturated rings. The molecular weight excluding hydrogens is 313 g/mol. The number of carbonyl (C=O) groups excluding carboxylic acids is 2. The van der Waals surface area contributed by atoms with Crippen molar-refractivity contribution in [3.05, 3.63) is 28.2 Å². The Hall–Kier alpha value is -1.30. The number of hydrogen-bond donors (Lipinski definition) is 2. The smallest absolute Gasteiger partial charge is 0.238 e. The number of carbonyl (C=O) groups is 2. The summed E-state index contributed by atoms with van der Waals surface area (Å²) in [4.78, 5) is 25.1. The molecule has 2 rings (SSSR count). The molecule has 0 unspecified atom stereocenters. The molecule has 114 valence electrons. The molecule has 3 N–H and O–H groups in total. The van der Waals surface area contributed by atoms with Crippen LogP contribution in [0.25, 0.3) is 0 Å². The molecule has 1 aromatic rings. The van der Waals surface area contributed by atoms with Gasteiger partial charge in [-0.05, 0) is 38.1 Å². The summed E-state index contributed by atoms with van der Waals surface area (Å²) in [6.45, 7) is 1.60. The first-order valence-corrected chi connectivity index (χ1v) is 7.48. The Kier molecular flexibility index (Phi) is 5.45. The SMILES string of the molecule is NC(=O)C1CCN(CC(=O)Nc2c(Cl)cccc2Cl)CC1. The van der Waals surface area contributed by atoms with Crippen LogP contribution in [-0.4, -0.2) is 36.3 Å². The Bertz CT molecular complexity index is 523. The fourth-order valence-electron chi connectivity index (χ4n) is 2.37. The fraction of sp³-hybridized carbons (Fsp3) is 0.429. The molecule has 1 aliphatic heterocycles. The second-order valence-corrected chi connectivity index (χ2v) is 5.91. The molecule has 1 aromatic carbocycles. The lowest BCUT2D eigenvalue weighted by Crippen LogP contribution is -2.42. The van der Waals surface area contributed by atoms with Gasteiger partial charge in [0, 0.05) is 5.92 Å². The number of nitrogens with one attached hydrogen (secondary N) is 1. The number of primary amides is 1. The molecule has 0 radical (unpaired) electrons. The van der Waals surface area contributed by atoms with E-state index in [1.165, 1.54) is 0 Å². The lowest BCUT2D eigenvalue weighted by Gasteiger charge is -2.29. The Balaban J connectivity index is 1.87. The standard InChI is InChI=1S/C14H17Cl2N3O2/c15-10-2-1-3-11(16)13(10)18-12(20)8-19-6-4-9(5-7-19)14(17)21/h1-3,9H,4-8H2,(H2,17,21)(H,18,20). The zero-order chi connectivity index (χ0) is 15.4. The number of likely N-dealkylation sites (tertiary alicyclic amines) is 1. The molecule has 0 bridgehead atoms. The summed E-state index contributed by atoms with van der Waals surface area (Å²) < 4.78 is 0. The zero-order valence-electron chi connectivity index (χ0n) is 11.4. The van der Waals surface area contributed by atoms with Crippen LogP contribution in [0.5, 0.6) is 0 Å². The first-order valence-electron chi connectivity index (χ1n) is 6.73. The Morgan fingerprint density at radius 1 is 1.24 bits per heavy atom. The summed E-state index contributed by atoms with van der Waals surface area (Å²) in [6.07, 6.45) is 1.38. The van der Waals surface area contributed by atoms with E-state index < -0.39 is 0 Å². The number of hydrogen-bond acceptors (Lipinski definition) is 3. The number of benzene rings is 1. The van der Waals surface area contributed by atoms with Gasteiger partial charge in [0.05, 0.1) is 22.3 Å². The quantitative estimate of drug-likeness (QED) is 0.888. The Morgan fingerprint density at radius 2 is 1.81 bits per heavy atom. The monoisotopic (exact) mass is 329 g/mol. The minimum atomic E-state index is -0.262. The van der Waals surface area contributed by atoms with Crippen LogP contribution >= 0.6 is 23.2 Å². The minimum Gasteiger partial charge on any atom is -0.369 e. The topological polar surface area (TPSA) is 75.4 Å². The number of anilines is 1. The van der Waals surface area contributed by atoms with Gasteiger partial charge in [-0.2, -0.15) is 0 Å². The van der Waals surface area contributed by atoms with Gasteiger partial charge in [0.15, 0.2) is 0 Å².